The van der Waals surface area contributed by atoms with Crippen LogP contribution in [0.1, 0.15) is 6.92 Å². The van der Waals surface area contributed by atoms with Gasteiger partial charge in [-0.25, -0.2) is 0 Å². The molecule has 0 atom stereocenters. The first kappa shape index (κ1) is 8.28. The average molecular weight is 161 g/mol. The quantitative estimate of drug-likeness (QED) is 0.596. The Morgan fingerprint density at radius 3 is 2.45 bits per heavy atom. The van der Waals surface area contributed by atoms with E-state index in [1.54, 1.807) is 0 Å². The molecule has 0 aliphatic rings. The fourth-order valence-electron chi connectivity index (χ4n) is 1.12. The Bertz CT molecular complexity index is 216. The second kappa shape index (κ2) is 4.14. The fourth-order valence-corrected chi connectivity index (χ4v) is 2.67. The molecule has 0 aliphatic heterocycles. The lowest BCUT2D eigenvalue weighted by molar-refractivity contribution is 1.44. The van der Waals surface area contributed by atoms with Crippen LogP contribution in [0.2, 0.25) is 6.04 Å². The molecule has 1 aromatic carbocycles. The van der Waals surface area contributed by atoms with Crippen LogP contribution in [0.25, 0.3) is 0 Å². The first-order chi connectivity index (χ1) is 5.38. The molecule has 0 bridgehead atoms. The average Bonchev–Trinajstić information content (AvgIpc) is 2.09. The molecular weight excluding hydrogens is 148 g/mol. The minimum Gasteiger partial charge on any atom is -0.107 e. The predicted octanol–water partition coefficient (Wildman–Crippen LogP) is 2.13. The van der Waals surface area contributed by atoms with Crippen molar-refractivity contribution >= 4 is 14.0 Å². The lowest BCUT2D eigenvalue weighted by Crippen LogP contribution is -2.26. The minimum atomic E-state index is -0.437. The molecule has 57 valence electrons. The molecule has 0 N–H and O–H groups in total. The van der Waals surface area contributed by atoms with Gasteiger partial charge in [-0.3, -0.25) is 0 Å². The Hall–Kier alpha value is -0.823. The summed E-state index contributed by atoms with van der Waals surface area (Å²) in [6.45, 7) is 6.08. The molecule has 0 nitrogen and oxygen atoms in total. The minimum absolute atomic E-state index is 0.437. The molecule has 0 unspecified atom stereocenters. The van der Waals surface area contributed by atoms with Gasteiger partial charge in [0.25, 0.3) is 0 Å². The number of hydrogen-bond donors (Lipinski definition) is 0. The van der Waals surface area contributed by atoms with Crippen molar-refractivity contribution in [2.75, 3.05) is 0 Å². The van der Waals surface area contributed by atoms with Crippen molar-refractivity contribution in [3.63, 3.8) is 0 Å². The van der Waals surface area contributed by atoms with Crippen molar-refractivity contribution in [2.24, 2.45) is 0 Å². The predicted molar refractivity (Wildman–Crippen MR) is 52.5 cm³/mol. The van der Waals surface area contributed by atoms with Gasteiger partial charge in [0.05, 0.1) is 0 Å². The van der Waals surface area contributed by atoms with Gasteiger partial charge in [0.2, 0.25) is 0 Å². The van der Waals surface area contributed by atoms with E-state index in [0.717, 1.165) is 0 Å². The molecule has 1 rings (SSSR count). The van der Waals surface area contributed by atoms with E-state index in [4.69, 9.17) is 0 Å². The summed E-state index contributed by atoms with van der Waals surface area (Å²) in [7, 11) is -0.437. The highest BCUT2D eigenvalue weighted by Crippen LogP contribution is 1.94. The highest BCUT2D eigenvalue weighted by atomic mass is 28.3. The number of hydrogen-bond acceptors (Lipinski definition) is 0. The fraction of sp³-hybridized carbons (Fsp3) is 0.200. The van der Waals surface area contributed by atoms with Crippen LogP contribution in [0.3, 0.4) is 0 Å². The van der Waals surface area contributed by atoms with Crippen LogP contribution in [0.15, 0.2) is 42.6 Å². The molecule has 0 spiro atoms. The molecule has 0 aliphatic carbocycles. The SMILES string of the molecule is C=C[Si](CC)c1ccccc1. The zero-order valence-corrected chi connectivity index (χ0v) is 7.88. The zero-order valence-electron chi connectivity index (χ0n) is 6.88. The molecule has 1 radical (unpaired) electrons. The maximum atomic E-state index is 3.85. The lowest BCUT2D eigenvalue weighted by atomic mass is 10.4. The standard InChI is InChI=1S/C10H13Si/c1-3-11(4-2)10-8-6-5-7-9-10/h3,5-9H,1,4H2,2H3. The van der Waals surface area contributed by atoms with Gasteiger partial charge in [0, 0.05) is 0 Å². The van der Waals surface area contributed by atoms with Crippen LogP contribution in [-0.2, 0) is 0 Å². The molecule has 0 saturated heterocycles. The van der Waals surface area contributed by atoms with E-state index >= 15 is 0 Å². The number of benzene rings is 1. The Balaban J connectivity index is 2.82. The molecular formula is C10H13Si. The van der Waals surface area contributed by atoms with Crippen molar-refractivity contribution in [1.82, 2.24) is 0 Å². The molecule has 0 heterocycles. The Labute approximate surface area is 70.2 Å². The van der Waals surface area contributed by atoms with Crippen molar-refractivity contribution in [1.29, 1.82) is 0 Å². The summed E-state index contributed by atoms with van der Waals surface area (Å²) in [5.41, 5.74) is 2.11. The second-order valence-corrected chi connectivity index (χ2v) is 5.19. The maximum Gasteiger partial charge on any atom is 0.111 e. The topological polar surface area (TPSA) is 0 Å². The van der Waals surface area contributed by atoms with Crippen LogP contribution in [0.5, 0.6) is 0 Å². The third-order valence-electron chi connectivity index (χ3n) is 1.77. The van der Waals surface area contributed by atoms with Crippen LogP contribution in [0.4, 0.5) is 0 Å². The Morgan fingerprint density at radius 1 is 1.36 bits per heavy atom. The van der Waals surface area contributed by atoms with Gasteiger partial charge in [0.1, 0.15) is 8.80 Å². The van der Waals surface area contributed by atoms with Gasteiger partial charge in [-0.1, -0.05) is 54.2 Å². The molecule has 1 heteroatoms. The van der Waals surface area contributed by atoms with Gasteiger partial charge in [0.15, 0.2) is 0 Å². The van der Waals surface area contributed by atoms with Gasteiger partial charge in [-0.2, -0.15) is 0 Å². The van der Waals surface area contributed by atoms with Crippen LogP contribution in [0, 0.1) is 0 Å². The van der Waals surface area contributed by atoms with E-state index in [1.807, 2.05) is 0 Å². The molecule has 0 saturated carbocycles. The van der Waals surface area contributed by atoms with Crippen LogP contribution < -0.4 is 5.19 Å². The highest BCUT2D eigenvalue weighted by molar-refractivity contribution is 6.77. The van der Waals surface area contributed by atoms with Crippen molar-refractivity contribution in [3.8, 4) is 0 Å². The second-order valence-electron chi connectivity index (χ2n) is 2.45. The normalized spacial score (nSPS) is 10.0. The summed E-state index contributed by atoms with van der Waals surface area (Å²) in [6, 6.07) is 11.9. The largest absolute Gasteiger partial charge is 0.111 e. The smallest absolute Gasteiger partial charge is 0.107 e. The summed E-state index contributed by atoms with van der Waals surface area (Å²) in [5.74, 6) is 0. The highest BCUT2D eigenvalue weighted by Gasteiger charge is 2.04. The zero-order chi connectivity index (χ0) is 8.10. The first-order valence-corrected chi connectivity index (χ1v) is 5.70. The summed E-state index contributed by atoms with van der Waals surface area (Å²) < 4.78 is 0. The summed E-state index contributed by atoms with van der Waals surface area (Å²) >= 11 is 0. The molecule has 1 aromatic rings. The van der Waals surface area contributed by atoms with Crippen LogP contribution >= 0.6 is 0 Å². The third kappa shape index (κ3) is 2.05. The number of rotatable bonds is 3. The third-order valence-corrected chi connectivity index (χ3v) is 4.10. The first-order valence-electron chi connectivity index (χ1n) is 3.92. The summed E-state index contributed by atoms with van der Waals surface area (Å²) in [5, 5.41) is 1.47. The van der Waals surface area contributed by atoms with Gasteiger partial charge in [-0.15, -0.1) is 6.58 Å². The van der Waals surface area contributed by atoms with Crippen molar-refractivity contribution < 1.29 is 0 Å². The van der Waals surface area contributed by atoms with E-state index in [9.17, 15) is 0 Å². The maximum absolute atomic E-state index is 3.85. The molecule has 0 aromatic heterocycles. The summed E-state index contributed by atoms with van der Waals surface area (Å²) in [6.07, 6.45) is 0. The van der Waals surface area contributed by atoms with Gasteiger partial charge >= 0.3 is 0 Å². The van der Waals surface area contributed by atoms with E-state index in [2.05, 4.69) is 49.5 Å². The van der Waals surface area contributed by atoms with E-state index < -0.39 is 8.80 Å². The Morgan fingerprint density at radius 2 is 2.00 bits per heavy atom. The van der Waals surface area contributed by atoms with Gasteiger partial charge in [-0.05, 0) is 0 Å². The van der Waals surface area contributed by atoms with Crippen LogP contribution in [-0.4, -0.2) is 8.80 Å². The molecule has 0 fully saturated rings. The van der Waals surface area contributed by atoms with E-state index in [1.165, 1.54) is 11.2 Å². The van der Waals surface area contributed by atoms with Crippen molar-refractivity contribution in [3.05, 3.63) is 42.6 Å². The van der Waals surface area contributed by atoms with E-state index in [-0.39, 0.29) is 0 Å². The Kier molecular flexibility index (Phi) is 3.11. The monoisotopic (exact) mass is 161 g/mol. The van der Waals surface area contributed by atoms with Crippen molar-refractivity contribution in [2.45, 2.75) is 13.0 Å². The van der Waals surface area contributed by atoms with Gasteiger partial charge < -0.3 is 0 Å². The lowest BCUT2D eigenvalue weighted by Gasteiger charge is -2.05. The summed E-state index contributed by atoms with van der Waals surface area (Å²) in [4.78, 5) is 0. The molecule has 0 amide bonds. The van der Waals surface area contributed by atoms with E-state index in [0.29, 0.717) is 0 Å². The molecule has 11 heavy (non-hydrogen) atoms.